The number of nitrogens with zero attached hydrogens (tertiary/aromatic N) is 1. The molecule has 0 fully saturated rings. The van der Waals surface area contributed by atoms with Gasteiger partial charge in [-0.25, -0.2) is 4.79 Å². The van der Waals surface area contributed by atoms with Crippen LogP contribution in [-0.2, 0) is 13.6 Å². The van der Waals surface area contributed by atoms with Crippen molar-refractivity contribution in [3.05, 3.63) is 22.4 Å². The molecular weight excluding hydrogens is 118 g/mol. The van der Waals surface area contributed by atoms with Crippen molar-refractivity contribution in [3.8, 4) is 0 Å². The average Bonchev–Trinajstić information content (AvgIpc) is 2.15. The molecule has 9 heavy (non-hydrogen) atoms. The van der Waals surface area contributed by atoms with Crippen molar-refractivity contribution >= 4 is 0 Å². The summed E-state index contributed by atoms with van der Waals surface area (Å²) in [6.07, 6.45) is 1.61. The van der Waals surface area contributed by atoms with Gasteiger partial charge in [0.2, 0.25) is 0 Å². The van der Waals surface area contributed by atoms with Gasteiger partial charge in [0.25, 0.3) is 0 Å². The van der Waals surface area contributed by atoms with Gasteiger partial charge in [-0.3, -0.25) is 4.57 Å². The first-order valence-electron chi connectivity index (χ1n) is 2.69. The summed E-state index contributed by atoms with van der Waals surface area (Å²) in [5, 5.41) is 0. The van der Waals surface area contributed by atoms with Gasteiger partial charge in [-0.05, 0) is 0 Å². The fraction of sp³-hybridized carbons (Fsp3) is 0.400. The minimum Gasteiger partial charge on any atom is -0.325 e. The molecular formula is C5H9N3O. The van der Waals surface area contributed by atoms with Crippen LogP contribution in [0.5, 0.6) is 0 Å². The van der Waals surface area contributed by atoms with Crippen LogP contribution in [0, 0.1) is 0 Å². The van der Waals surface area contributed by atoms with E-state index in [1.807, 2.05) is 0 Å². The highest BCUT2D eigenvalue weighted by molar-refractivity contribution is 4.95. The first kappa shape index (κ1) is 6.10. The van der Waals surface area contributed by atoms with Gasteiger partial charge in [-0.15, -0.1) is 0 Å². The van der Waals surface area contributed by atoms with Gasteiger partial charge >= 0.3 is 5.69 Å². The van der Waals surface area contributed by atoms with Crippen LogP contribution in [0.15, 0.2) is 11.0 Å². The van der Waals surface area contributed by atoms with E-state index in [0.29, 0.717) is 6.54 Å². The number of H-pyrrole nitrogens is 1. The summed E-state index contributed by atoms with van der Waals surface area (Å²) in [5.74, 6) is 0. The Hall–Kier alpha value is -1.03. The minimum absolute atomic E-state index is 0.115. The molecule has 3 N–H and O–H groups in total. The molecule has 0 amide bonds. The molecule has 0 saturated carbocycles. The van der Waals surface area contributed by atoms with Crippen molar-refractivity contribution < 1.29 is 0 Å². The van der Waals surface area contributed by atoms with Crippen molar-refractivity contribution in [2.75, 3.05) is 0 Å². The Morgan fingerprint density at radius 1 is 1.89 bits per heavy atom. The standard InChI is InChI=1S/C5H9N3O/c1-8-4(2-6)3-7-5(8)9/h3H,2,6H2,1H3,(H,7,9). The number of hydrogen-bond donors (Lipinski definition) is 2. The maximum atomic E-state index is 10.7. The van der Waals surface area contributed by atoms with E-state index in [2.05, 4.69) is 4.98 Å². The van der Waals surface area contributed by atoms with Gasteiger partial charge in [0, 0.05) is 19.8 Å². The number of aromatic nitrogens is 2. The van der Waals surface area contributed by atoms with Crippen LogP contribution in [0.4, 0.5) is 0 Å². The predicted octanol–water partition coefficient (Wildman–Crippen LogP) is -0.828. The SMILES string of the molecule is Cn1c(CN)c[nH]c1=O. The monoisotopic (exact) mass is 127 g/mol. The number of nitrogens with one attached hydrogen (secondary N) is 1. The minimum atomic E-state index is -0.115. The van der Waals surface area contributed by atoms with Crippen LogP contribution >= 0.6 is 0 Å². The van der Waals surface area contributed by atoms with Crippen LogP contribution in [0.2, 0.25) is 0 Å². The van der Waals surface area contributed by atoms with E-state index in [9.17, 15) is 4.79 Å². The highest BCUT2D eigenvalue weighted by Crippen LogP contribution is 1.86. The summed E-state index contributed by atoms with van der Waals surface area (Å²) >= 11 is 0. The van der Waals surface area contributed by atoms with E-state index in [0.717, 1.165) is 5.69 Å². The third kappa shape index (κ3) is 0.882. The quantitative estimate of drug-likeness (QED) is 0.517. The van der Waals surface area contributed by atoms with Crippen LogP contribution < -0.4 is 11.4 Å². The van der Waals surface area contributed by atoms with Crippen molar-refractivity contribution in [1.82, 2.24) is 9.55 Å². The van der Waals surface area contributed by atoms with E-state index >= 15 is 0 Å². The zero-order chi connectivity index (χ0) is 6.85. The molecule has 4 heteroatoms. The van der Waals surface area contributed by atoms with Crippen molar-refractivity contribution in [3.63, 3.8) is 0 Å². The number of hydrogen-bond acceptors (Lipinski definition) is 2. The molecule has 50 valence electrons. The Kier molecular flexibility index (Phi) is 1.40. The second-order valence-corrected chi connectivity index (χ2v) is 1.85. The highest BCUT2D eigenvalue weighted by atomic mass is 16.1. The number of nitrogens with two attached hydrogens (primary N) is 1. The summed E-state index contributed by atoms with van der Waals surface area (Å²) in [5.41, 5.74) is 5.99. The summed E-state index contributed by atoms with van der Waals surface area (Å²) in [6.45, 7) is 0.398. The Labute approximate surface area is 52.3 Å². The highest BCUT2D eigenvalue weighted by Gasteiger charge is 1.95. The van der Waals surface area contributed by atoms with Crippen molar-refractivity contribution in [2.24, 2.45) is 12.8 Å². The molecule has 1 rings (SSSR count). The van der Waals surface area contributed by atoms with Crippen molar-refractivity contribution in [2.45, 2.75) is 6.54 Å². The zero-order valence-electron chi connectivity index (χ0n) is 5.22. The van der Waals surface area contributed by atoms with Gasteiger partial charge in [0.05, 0.1) is 5.69 Å². The molecule has 0 unspecified atom stereocenters. The molecule has 0 aliphatic rings. The van der Waals surface area contributed by atoms with Crippen molar-refractivity contribution in [1.29, 1.82) is 0 Å². The van der Waals surface area contributed by atoms with Gasteiger partial charge in [-0.2, -0.15) is 0 Å². The smallest absolute Gasteiger partial charge is 0.325 e. The van der Waals surface area contributed by atoms with Crippen LogP contribution in [0.3, 0.4) is 0 Å². The Morgan fingerprint density at radius 3 is 2.78 bits per heavy atom. The molecule has 0 aliphatic carbocycles. The normalized spacial score (nSPS) is 10.0. The molecule has 0 aliphatic heterocycles. The lowest BCUT2D eigenvalue weighted by Crippen LogP contribution is -2.15. The average molecular weight is 127 g/mol. The Bertz CT molecular complexity index is 247. The van der Waals surface area contributed by atoms with Crippen LogP contribution in [0.1, 0.15) is 5.69 Å². The first-order chi connectivity index (χ1) is 4.25. The van der Waals surface area contributed by atoms with E-state index < -0.39 is 0 Å². The molecule has 0 saturated heterocycles. The summed E-state index contributed by atoms with van der Waals surface area (Å²) in [4.78, 5) is 13.2. The van der Waals surface area contributed by atoms with Gasteiger partial charge in [0.1, 0.15) is 0 Å². The molecule has 1 aromatic heterocycles. The molecule has 4 nitrogen and oxygen atoms in total. The topological polar surface area (TPSA) is 63.8 Å². The maximum absolute atomic E-state index is 10.7. The van der Waals surface area contributed by atoms with Gasteiger partial charge in [-0.1, -0.05) is 0 Å². The van der Waals surface area contributed by atoms with Crippen LogP contribution in [0.25, 0.3) is 0 Å². The number of aromatic amines is 1. The predicted molar refractivity (Wildman–Crippen MR) is 33.9 cm³/mol. The molecule has 1 aromatic rings. The van der Waals surface area contributed by atoms with Crippen LogP contribution in [-0.4, -0.2) is 9.55 Å². The van der Waals surface area contributed by atoms with E-state index in [1.165, 1.54) is 4.57 Å². The number of rotatable bonds is 1. The zero-order valence-corrected chi connectivity index (χ0v) is 5.22. The fourth-order valence-corrected chi connectivity index (χ4v) is 0.665. The lowest BCUT2D eigenvalue weighted by Gasteiger charge is -1.92. The van der Waals surface area contributed by atoms with Gasteiger partial charge < -0.3 is 10.7 Å². The second-order valence-electron chi connectivity index (χ2n) is 1.85. The third-order valence-corrected chi connectivity index (χ3v) is 1.31. The maximum Gasteiger partial charge on any atom is 0.325 e. The molecule has 0 atom stereocenters. The lowest BCUT2D eigenvalue weighted by molar-refractivity contribution is 0.789. The summed E-state index contributed by atoms with van der Waals surface area (Å²) < 4.78 is 1.49. The summed E-state index contributed by atoms with van der Waals surface area (Å²) in [6, 6.07) is 0. The molecule has 0 bridgehead atoms. The second kappa shape index (κ2) is 2.06. The largest absolute Gasteiger partial charge is 0.325 e. The third-order valence-electron chi connectivity index (χ3n) is 1.31. The summed E-state index contributed by atoms with van der Waals surface area (Å²) in [7, 11) is 1.68. The van der Waals surface area contributed by atoms with E-state index in [1.54, 1.807) is 13.2 Å². The Balaban J connectivity index is 3.20. The van der Waals surface area contributed by atoms with Gasteiger partial charge in [0.15, 0.2) is 0 Å². The lowest BCUT2D eigenvalue weighted by atomic mass is 10.5. The molecule has 0 radical (unpaired) electrons. The Morgan fingerprint density at radius 2 is 2.56 bits per heavy atom. The first-order valence-corrected chi connectivity index (χ1v) is 2.69. The molecule has 1 heterocycles. The van der Waals surface area contributed by atoms with E-state index in [4.69, 9.17) is 5.73 Å². The number of imidazole rings is 1. The van der Waals surface area contributed by atoms with E-state index in [-0.39, 0.29) is 5.69 Å². The molecule has 0 aromatic carbocycles. The fourth-order valence-electron chi connectivity index (χ4n) is 0.665. The molecule has 0 spiro atoms.